The molecule has 120 valence electrons. The van der Waals surface area contributed by atoms with Crippen LogP contribution >= 0.6 is 24.0 Å². The summed E-state index contributed by atoms with van der Waals surface area (Å²) in [4.78, 5) is 26.5. The first-order valence-corrected chi connectivity index (χ1v) is 8.96. The van der Waals surface area contributed by atoms with Crippen LogP contribution in [0, 0.1) is 0 Å². The molecule has 1 saturated heterocycles. The van der Waals surface area contributed by atoms with Crippen molar-refractivity contribution >= 4 is 46.2 Å². The fraction of sp³-hybridized carbons (Fsp3) is 0.353. The molecule has 2 fully saturated rings. The Morgan fingerprint density at radius 2 is 2.00 bits per heavy atom. The van der Waals surface area contributed by atoms with Gasteiger partial charge in [-0.25, -0.2) is 0 Å². The van der Waals surface area contributed by atoms with Gasteiger partial charge in [0.25, 0.3) is 5.91 Å². The number of hydrogen-bond acceptors (Lipinski definition) is 4. The topological polar surface area (TPSA) is 49.4 Å². The highest BCUT2D eigenvalue weighted by molar-refractivity contribution is 8.26. The second-order valence-electron chi connectivity index (χ2n) is 5.73. The minimum absolute atomic E-state index is 0.00724. The standard InChI is InChI=1S/C17H18N2O2S2/c20-15(18-13-8-4-5-9-13)11-19-16(21)14(23-17(19)22)10-12-6-2-1-3-7-12/h1-3,6-7,10,13H,4-5,8-9,11H2,(H,18,20)/b14-10-. The van der Waals surface area contributed by atoms with Crippen LogP contribution in [0.15, 0.2) is 35.2 Å². The van der Waals surface area contributed by atoms with Gasteiger partial charge in [-0.3, -0.25) is 14.5 Å². The second kappa shape index (κ2) is 7.27. The molecule has 1 aromatic carbocycles. The fourth-order valence-electron chi connectivity index (χ4n) is 2.82. The van der Waals surface area contributed by atoms with Crippen molar-refractivity contribution in [3.63, 3.8) is 0 Å². The number of amides is 2. The number of rotatable bonds is 4. The quantitative estimate of drug-likeness (QED) is 0.673. The molecule has 23 heavy (non-hydrogen) atoms. The van der Waals surface area contributed by atoms with Gasteiger partial charge in [0.05, 0.1) is 4.91 Å². The van der Waals surface area contributed by atoms with E-state index in [9.17, 15) is 9.59 Å². The molecule has 0 atom stereocenters. The number of thiocarbonyl (C=S) groups is 1. The maximum absolute atomic E-state index is 12.5. The third kappa shape index (κ3) is 4.00. The van der Waals surface area contributed by atoms with Gasteiger partial charge in [-0.1, -0.05) is 67.2 Å². The molecule has 1 aliphatic heterocycles. The van der Waals surface area contributed by atoms with Crippen LogP contribution in [0.2, 0.25) is 0 Å². The molecule has 1 aliphatic carbocycles. The van der Waals surface area contributed by atoms with E-state index in [0.29, 0.717) is 9.23 Å². The third-order valence-electron chi connectivity index (χ3n) is 3.99. The first kappa shape index (κ1) is 16.2. The average molecular weight is 346 g/mol. The van der Waals surface area contributed by atoms with E-state index in [-0.39, 0.29) is 24.4 Å². The molecule has 3 rings (SSSR count). The maximum Gasteiger partial charge on any atom is 0.266 e. The summed E-state index contributed by atoms with van der Waals surface area (Å²) in [6, 6.07) is 9.87. The summed E-state index contributed by atoms with van der Waals surface area (Å²) in [6.07, 6.45) is 6.18. The smallest absolute Gasteiger partial charge is 0.266 e. The van der Waals surface area contributed by atoms with Crippen LogP contribution in [-0.2, 0) is 9.59 Å². The second-order valence-corrected chi connectivity index (χ2v) is 7.40. The van der Waals surface area contributed by atoms with Crippen LogP contribution in [0.3, 0.4) is 0 Å². The molecule has 0 bridgehead atoms. The summed E-state index contributed by atoms with van der Waals surface area (Å²) < 4.78 is 0.443. The van der Waals surface area contributed by atoms with E-state index in [1.54, 1.807) is 0 Å². The van der Waals surface area contributed by atoms with E-state index < -0.39 is 0 Å². The minimum atomic E-state index is -0.189. The molecule has 2 amide bonds. The SMILES string of the molecule is O=C(CN1C(=O)/C(=C/c2ccccc2)SC1=S)NC1CCCC1. The van der Waals surface area contributed by atoms with Gasteiger partial charge < -0.3 is 5.32 Å². The van der Waals surface area contributed by atoms with Crippen molar-refractivity contribution in [3.8, 4) is 0 Å². The van der Waals surface area contributed by atoms with Gasteiger partial charge >= 0.3 is 0 Å². The Kier molecular flexibility index (Phi) is 5.13. The lowest BCUT2D eigenvalue weighted by atomic mass is 10.2. The van der Waals surface area contributed by atoms with E-state index in [2.05, 4.69) is 5.32 Å². The van der Waals surface area contributed by atoms with Crippen LogP contribution in [-0.4, -0.2) is 33.6 Å². The number of thioether (sulfide) groups is 1. The lowest BCUT2D eigenvalue weighted by Gasteiger charge is -2.17. The number of nitrogens with zero attached hydrogens (tertiary/aromatic N) is 1. The minimum Gasteiger partial charge on any atom is -0.352 e. The van der Waals surface area contributed by atoms with Crippen molar-refractivity contribution in [2.75, 3.05) is 6.54 Å². The molecule has 0 unspecified atom stereocenters. The zero-order valence-electron chi connectivity index (χ0n) is 12.7. The zero-order chi connectivity index (χ0) is 16.2. The van der Waals surface area contributed by atoms with Gasteiger partial charge in [0.2, 0.25) is 5.91 Å². The van der Waals surface area contributed by atoms with Crippen LogP contribution in [0.5, 0.6) is 0 Å². The van der Waals surface area contributed by atoms with Crippen LogP contribution < -0.4 is 5.32 Å². The first-order valence-electron chi connectivity index (χ1n) is 7.73. The van der Waals surface area contributed by atoms with Gasteiger partial charge in [0.15, 0.2) is 0 Å². The van der Waals surface area contributed by atoms with Crippen molar-refractivity contribution < 1.29 is 9.59 Å². The monoisotopic (exact) mass is 346 g/mol. The highest BCUT2D eigenvalue weighted by Crippen LogP contribution is 2.32. The van der Waals surface area contributed by atoms with E-state index in [4.69, 9.17) is 12.2 Å². The molecule has 0 spiro atoms. The van der Waals surface area contributed by atoms with Gasteiger partial charge in [0, 0.05) is 6.04 Å². The summed E-state index contributed by atoms with van der Waals surface area (Å²) >= 11 is 6.51. The number of hydrogen-bond donors (Lipinski definition) is 1. The predicted octanol–water partition coefficient (Wildman–Crippen LogP) is 2.95. The van der Waals surface area contributed by atoms with E-state index in [0.717, 1.165) is 31.2 Å². The molecule has 0 radical (unpaired) electrons. The van der Waals surface area contributed by atoms with Gasteiger partial charge in [-0.15, -0.1) is 0 Å². The molecular formula is C17H18N2O2S2. The summed E-state index contributed by atoms with van der Waals surface area (Å²) in [5.41, 5.74) is 0.948. The molecule has 4 nitrogen and oxygen atoms in total. The highest BCUT2D eigenvalue weighted by Gasteiger charge is 2.33. The predicted molar refractivity (Wildman–Crippen MR) is 96.7 cm³/mol. The Morgan fingerprint density at radius 1 is 1.30 bits per heavy atom. The molecule has 1 aromatic rings. The summed E-state index contributed by atoms with van der Waals surface area (Å²) in [7, 11) is 0. The van der Waals surface area contributed by atoms with E-state index in [1.165, 1.54) is 16.7 Å². The highest BCUT2D eigenvalue weighted by atomic mass is 32.2. The lowest BCUT2D eigenvalue weighted by Crippen LogP contribution is -2.42. The number of nitrogens with one attached hydrogen (secondary N) is 1. The Hall–Kier alpha value is -1.66. The van der Waals surface area contributed by atoms with Gasteiger partial charge in [0.1, 0.15) is 10.9 Å². The molecule has 0 aromatic heterocycles. The van der Waals surface area contributed by atoms with Crippen LogP contribution in [0.1, 0.15) is 31.2 Å². The van der Waals surface area contributed by atoms with Gasteiger partial charge in [-0.05, 0) is 24.5 Å². The fourth-order valence-corrected chi connectivity index (χ4v) is 4.08. The normalized spacial score (nSPS) is 20.5. The molecule has 1 heterocycles. The lowest BCUT2D eigenvalue weighted by molar-refractivity contribution is -0.129. The van der Waals surface area contributed by atoms with E-state index in [1.807, 2.05) is 36.4 Å². The number of benzene rings is 1. The Bertz CT molecular complexity index is 652. The molecule has 1 N–H and O–H groups in total. The Morgan fingerprint density at radius 3 is 2.70 bits per heavy atom. The van der Waals surface area contributed by atoms with Crippen molar-refractivity contribution in [2.24, 2.45) is 0 Å². The molecular weight excluding hydrogens is 328 g/mol. The van der Waals surface area contributed by atoms with Gasteiger partial charge in [-0.2, -0.15) is 0 Å². The van der Waals surface area contributed by atoms with Crippen molar-refractivity contribution in [1.29, 1.82) is 0 Å². The largest absolute Gasteiger partial charge is 0.352 e. The molecule has 1 saturated carbocycles. The molecule has 2 aliphatic rings. The Labute approximate surface area is 145 Å². The summed E-state index contributed by atoms with van der Waals surface area (Å²) in [5.74, 6) is -0.320. The van der Waals surface area contributed by atoms with E-state index >= 15 is 0 Å². The van der Waals surface area contributed by atoms with Crippen LogP contribution in [0.4, 0.5) is 0 Å². The summed E-state index contributed by atoms with van der Waals surface area (Å²) in [5, 5.41) is 2.99. The van der Waals surface area contributed by atoms with Crippen molar-refractivity contribution in [3.05, 3.63) is 40.8 Å². The average Bonchev–Trinajstić information content (AvgIpc) is 3.13. The van der Waals surface area contributed by atoms with Crippen LogP contribution in [0.25, 0.3) is 6.08 Å². The van der Waals surface area contributed by atoms with Crippen molar-refractivity contribution in [1.82, 2.24) is 10.2 Å². The third-order valence-corrected chi connectivity index (χ3v) is 5.37. The number of carbonyl (C=O) groups is 2. The Balaban J connectivity index is 1.64. The zero-order valence-corrected chi connectivity index (χ0v) is 14.3. The molecule has 6 heteroatoms. The summed E-state index contributed by atoms with van der Waals surface area (Å²) in [6.45, 7) is 0.00724. The first-order chi connectivity index (χ1) is 11.1. The maximum atomic E-state index is 12.5. The number of carbonyl (C=O) groups excluding carboxylic acids is 2. The van der Waals surface area contributed by atoms with Crippen molar-refractivity contribution in [2.45, 2.75) is 31.7 Å².